The summed E-state index contributed by atoms with van der Waals surface area (Å²) in [7, 11) is 0. The Hall–Kier alpha value is -1.10. The molecule has 0 bridgehead atoms. The molecule has 0 radical (unpaired) electrons. The number of rotatable bonds is 7. The molecule has 19 heavy (non-hydrogen) atoms. The summed E-state index contributed by atoms with van der Waals surface area (Å²) in [6, 6.07) is 0.502. The molecule has 1 rings (SSSR count). The normalized spacial score (nSPS) is 24.1. The van der Waals surface area contributed by atoms with E-state index < -0.39 is 5.97 Å². The minimum Gasteiger partial charge on any atom is -0.480 e. The third-order valence-corrected chi connectivity index (χ3v) is 4.13. The van der Waals surface area contributed by atoms with Crippen LogP contribution in [0.5, 0.6) is 0 Å². The number of aliphatic carboxylic acids is 1. The molecule has 0 aromatic rings. The molecule has 1 aliphatic rings. The molecule has 0 spiro atoms. The van der Waals surface area contributed by atoms with Gasteiger partial charge in [0.05, 0.1) is 6.54 Å². The van der Waals surface area contributed by atoms with Crippen molar-refractivity contribution in [1.82, 2.24) is 10.2 Å². The third-order valence-electron chi connectivity index (χ3n) is 4.13. The van der Waals surface area contributed by atoms with Gasteiger partial charge in [-0.2, -0.15) is 0 Å². The Labute approximate surface area is 115 Å². The molecule has 5 heteroatoms. The van der Waals surface area contributed by atoms with Crippen LogP contribution in [0.1, 0.15) is 40.5 Å². The quantitative estimate of drug-likeness (QED) is 0.732. The van der Waals surface area contributed by atoms with Crippen LogP contribution in [0.2, 0.25) is 0 Å². The van der Waals surface area contributed by atoms with Gasteiger partial charge in [-0.05, 0) is 25.3 Å². The Morgan fingerprint density at radius 3 is 2.32 bits per heavy atom. The summed E-state index contributed by atoms with van der Waals surface area (Å²) in [5.41, 5.74) is 0. The summed E-state index contributed by atoms with van der Waals surface area (Å²) >= 11 is 0. The van der Waals surface area contributed by atoms with Crippen LogP contribution >= 0.6 is 0 Å². The highest BCUT2D eigenvalue weighted by atomic mass is 16.4. The van der Waals surface area contributed by atoms with Crippen LogP contribution in [0.4, 0.5) is 0 Å². The molecule has 0 aromatic heterocycles. The molecule has 0 aliphatic heterocycles. The minimum atomic E-state index is -0.789. The molecule has 5 nitrogen and oxygen atoms in total. The third kappa shape index (κ3) is 4.49. The van der Waals surface area contributed by atoms with Crippen molar-refractivity contribution in [1.29, 1.82) is 0 Å². The zero-order valence-electron chi connectivity index (χ0n) is 12.3. The fourth-order valence-electron chi connectivity index (χ4n) is 2.31. The van der Waals surface area contributed by atoms with E-state index in [1.54, 1.807) is 0 Å². The first-order valence-corrected chi connectivity index (χ1v) is 7.11. The first kappa shape index (κ1) is 16.0. The average Bonchev–Trinajstić information content (AvgIpc) is 2.28. The van der Waals surface area contributed by atoms with Gasteiger partial charge in [0, 0.05) is 18.0 Å². The number of nitrogens with one attached hydrogen (secondary N) is 1. The second-order valence-corrected chi connectivity index (χ2v) is 5.82. The Kier molecular flexibility index (Phi) is 5.79. The SMILES string of the molecule is CCN(CC(=O)O)C1CC(NC(=O)C(C)C(C)C)C1. The number of carboxylic acid groups (broad SMARTS) is 1. The number of hydrogen-bond acceptors (Lipinski definition) is 3. The van der Waals surface area contributed by atoms with Crippen LogP contribution in [0, 0.1) is 11.8 Å². The van der Waals surface area contributed by atoms with E-state index >= 15 is 0 Å². The van der Waals surface area contributed by atoms with Crippen molar-refractivity contribution in [3.8, 4) is 0 Å². The molecule has 1 fully saturated rings. The van der Waals surface area contributed by atoms with Gasteiger partial charge in [0.2, 0.25) is 5.91 Å². The zero-order chi connectivity index (χ0) is 14.6. The number of hydrogen-bond donors (Lipinski definition) is 2. The lowest BCUT2D eigenvalue weighted by Gasteiger charge is -2.42. The van der Waals surface area contributed by atoms with Crippen molar-refractivity contribution in [2.45, 2.75) is 52.6 Å². The fourth-order valence-corrected chi connectivity index (χ4v) is 2.31. The monoisotopic (exact) mass is 270 g/mol. The maximum atomic E-state index is 11.9. The van der Waals surface area contributed by atoms with Crippen LogP contribution in [0.3, 0.4) is 0 Å². The number of carboxylic acids is 1. The Bertz CT molecular complexity index is 325. The first-order chi connectivity index (χ1) is 8.85. The zero-order valence-corrected chi connectivity index (χ0v) is 12.3. The highest BCUT2D eigenvalue weighted by Gasteiger charge is 2.35. The van der Waals surface area contributed by atoms with E-state index in [4.69, 9.17) is 5.11 Å². The molecule has 2 N–H and O–H groups in total. The molecule has 1 amide bonds. The van der Waals surface area contributed by atoms with Crippen molar-refractivity contribution >= 4 is 11.9 Å². The van der Waals surface area contributed by atoms with Crippen molar-refractivity contribution < 1.29 is 14.7 Å². The molecule has 1 atom stereocenters. The van der Waals surface area contributed by atoms with E-state index in [1.807, 2.05) is 32.6 Å². The Morgan fingerprint density at radius 1 is 1.32 bits per heavy atom. The fraction of sp³-hybridized carbons (Fsp3) is 0.857. The van der Waals surface area contributed by atoms with Gasteiger partial charge in [0.15, 0.2) is 0 Å². The van der Waals surface area contributed by atoms with Gasteiger partial charge < -0.3 is 10.4 Å². The molecule has 0 aromatic carbocycles. The maximum absolute atomic E-state index is 11.9. The molecule has 1 aliphatic carbocycles. The molecular formula is C14H26N2O3. The first-order valence-electron chi connectivity index (χ1n) is 7.11. The average molecular weight is 270 g/mol. The lowest BCUT2D eigenvalue weighted by molar-refractivity contribution is -0.140. The topological polar surface area (TPSA) is 69.6 Å². The van der Waals surface area contributed by atoms with Crippen LogP contribution in [0.25, 0.3) is 0 Å². The highest BCUT2D eigenvalue weighted by molar-refractivity contribution is 5.78. The van der Waals surface area contributed by atoms with Gasteiger partial charge in [-0.25, -0.2) is 0 Å². The number of nitrogens with zero attached hydrogens (tertiary/aromatic N) is 1. The Morgan fingerprint density at radius 2 is 1.89 bits per heavy atom. The largest absolute Gasteiger partial charge is 0.480 e. The van der Waals surface area contributed by atoms with Crippen LogP contribution in [0.15, 0.2) is 0 Å². The van der Waals surface area contributed by atoms with Crippen LogP contribution in [-0.2, 0) is 9.59 Å². The van der Waals surface area contributed by atoms with Crippen molar-refractivity contribution in [2.75, 3.05) is 13.1 Å². The van der Waals surface area contributed by atoms with E-state index in [9.17, 15) is 9.59 Å². The van der Waals surface area contributed by atoms with Crippen molar-refractivity contribution in [2.24, 2.45) is 11.8 Å². The van der Waals surface area contributed by atoms with E-state index in [1.165, 1.54) is 0 Å². The van der Waals surface area contributed by atoms with E-state index in [0.29, 0.717) is 12.0 Å². The van der Waals surface area contributed by atoms with Crippen LogP contribution < -0.4 is 5.32 Å². The number of carbonyl (C=O) groups excluding carboxylic acids is 1. The van der Waals surface area contributed by atoms with Gasteiger partial charge in [-0.15, -0.1) is 0 Å². The lowest BCUT2D eigenvalue weighted by Crippen LogP contribution is -2.55. The lowest BCUT2D eigenvalue weighted by atomic mass is 9.84. The number of carbonyl (C=O) groups is 2. The van der Waals surface area contributed by atoms with Gasteiger partial charge in [0.1, 0.15) is 0 Å². The summed E-state index contributed by atoms with van der Waals surface area (Å²) in [5, 5.41) is 11.9. The summed E-state index contributed by atoms with van der Waals surface area (Å²) < 4.78 is 0. The second kappa shape index (κ2) is 6.89. The summed E-state index contributed by atoms with van der Waals surface area (Å²) in [6.45, 7) is 8.82. The van der Waals surface area contributed by atoms with Gasteiger partial charge in [-0.1, -0.05) is 27.7 Å². The standard InChI is InChI=1S/C14H26N2O3/c1-5-16(8-13(17)18)12-6-11(7-12)15-14(19)10(4)9(2)3/h9-12H,5-8H2,1-4H3,(H,15,19)(H,17,18). The number of amides is 1. The van der Waals surface area contributed by atoms with Gasteiger partial charge in [0.25, 0.3) is 0 Å². The van der Waals surface area contributed by atoms with Crippen molar-refractivity contribution in [3.05, 3.63) is 0 Å². The molecule has 0 saturated heterocycles. The Balaban J connectivity index is 2.33. The smallest absolute Gasteiger partial charge is 0.317 e. The minimum absolute atomic E-state index is 0.0281. The van der Waals surface area contributed by atoms with Gasteiger partial charge >= 0.3 is 5.97 Å². The van der Waals surface area contributed by atoms with E-state index in [-0.39, 0.29) is 24.4 Å². The van der Waals surface area contributed by atoms with Crippen molar-refractivity contribution in [3.63, 3.8) is 0 Å². The summed E-state index contributed by atoms with van der Waals surface area (Å²) in [4.78, 5) is 24.6. The molecule has 110 valence electrons. The molecule has 1 unspecified atom stereocenters. The highest BCUT2D eigenvalue weighted by Crippen LogP contribution is 2.26. The predicted octanol–water partition coefficient (Wildman–Crippen LogP) is 1.33. The maximum Gasteiger partial charge on any atom is 0.317 e. The summed E-state index contributed by atoms with van der Waals surface area (Å²) in [5.74, 6) is -0.308. The summed E-state index contributed by atoms with van der Waals surface area (Å²) in [6.07, 6.45) is 1.72. The predicted molar refractivity (Wildman–Crippen MR) is 73.8 cm³/mol. The van der Waals surface area contributed by atoms with Crippen LogP contribution in [-0.4, -0.2) is 47.1 Å². The number of likely N-dealkylation sites (N-methyl/N-ethyl adjacent to an activating group) is 1. The molecule has 0 heterocycles. The molecular weight excluding hydrogens is 244 g/mol. The van der Waals surface area contributed by atoms with Gasteiger partial charge in [-0.3, -0.25) is 14.5 Å². The van der Waals surface area contributed by atoms with E-state index in [0.717, 1.165) is 19.4 Å². The van der Waals surface area contributed by atoms with E-state index in [2.05, 4.69) is 5.32 Å². The second-order valence-electron chi connectivity index (χ2n) is 5.82. The molecule has 1 saturated carbocycles.